The monoisotopic (exact) mass is 593 g/mol. The van der Waals surface area contributed by atoms with Crippen LogP contribution < -0.4 is 5.73 Å². The van der Waals surface area contributed by atoms with E-state index in [9.17, 15) is 19.0 Å². The molecule has 0 fully saturated rings. The molecule has 0 aromatic rings. The summed E-state index contributed by atoms with van der Waals surface area (Å²) in [5.74, 6) is -0.830. The molecule has 40 heavy (non-hydrogen) atoms. The van der Waals surface area contributed by atoms with Crippen LogP contribution in [-0.4, -0.2) is 49.3 Å². The Hall–Kier alpha value is -0.990. The lowest BCUT2D eigenvalue weighted by Crippen LogP contribution is -2.29. The molecule has 1 unspecified atom stereocenters. The summed E-state index contributed by atoms with van der Waals surface area (Å²) in [4.78, 5) is 34.3. The molecule has 0 radical (unpaired) electrons. The van der Waals surface area contributed by atoms with E-state index in [1.165, 1.54) is 83.5 Å². The summed E-state index contributed by atoms with van der Waals surface area (Å²) in [6.07, 6.45) is 21.5. The van der Waals surface area contributed by atoms with Gasteiger partial charge < -0.3 is 20.1 Å². The van der Waals surface area contributed by atoms with Crippen LogP contribution in [0.25, 0.3) is 0 Å². The van der Waals surface area contributed by atoms with Crippen molar-refractivity contribution in [2.45, 2.75) is 155 Å². The SMILES string of the molecule is CCCCCCCCCCCCCC(=O)O[C@H](COC(=O)CCCCCCCCCC)COP(=O)(O)OCCN. The highest BCUT2D eigenvalue weighted by Gasteiger charge is 2.25. The molecule has 0 aromatic carbocycles. The summed E-state index contributed by atoms with van der Waals surface area (Å²) in [6.45, 7) is 3.67. The van der Waals surface area contributed by atoms with Gasteiger partial charge in [0.05, 0.1) is 13.2 Å². The van der Waals surface area contributed by atoms with Crippen LogP contribution in [0.2, 0.25) is 0 Å². The molecule has 0 aliphatic carbocycles. The van der Waals surface area contributed by atoms with Gasteiger partial charge in [-0.25, -0.2) is 4.57 Å². The molecule has 3 N–H and O–H groups in total. The van der Waals surface area contributed by atoms with Gasteiger partial charge in [0.15, 0.2) is 6.10 Å². The van der Waals surface area contributed by atoms with Crippen LogP contribution in [-0.2, 0) is 32.7 Å². The number of hydrogen-bond donors (Lipinski definition) is 2. The van der Waals surface area contributed by atoms with E-state index in [-0.39, 0.29) is 38.6 Å². The highest BCUT2D eigenvalue weighted by molar-refractivity contribution is 7.47. The summed E-state index contributed by atoms with van der Waals surface area (Å²) in [5, 5.41) is 0. The second-order valence-corrected chi connectivity index (χ2v) is 12.1. The number of unbranched alkanes of at least 4 members (excludes halogenated alkanes) is 17. The second kappa shape index (κ2) is 28.1. The average Bonchev–Trinajstić information content (AvgIpc) is 2.93. The van der Waals surface area contributed by atoms with Crippen LogP contribution >= 0.6 is 7.82 Å². The maximum absolute atomic E-state index is 12.4. The molecule has 0 amide bonds. The van der Waals surface area contributed by atoms with Crippen molar-refractivity contribution in [1.29, 1.82) is 0 Å². The van der Waals surface area contributed by atoms with Crippen LogP contribution in [0.3, 0.4) is 0 Å². The maximum Gasteiger partial charge on any atom is 0.472 e. The highest BCUT2D eigenvalue weighted by Crippen LogP contribution is 2.43. The first-order valence-electron chi connectivity index (χ1n) is 16.0. The molecule has 238 valence electrons. The van der Waals surface area contributed by atoms with Crippen molar-refractivity contribution < 1.29 is 37.6 Å². The standard InChI is InChI=1S/C30H60NO8P/c1-3-5-7-9-11-13-14-15-17-19-21-23-30(33)39-28(27-38-40(34,35)37-25-24-31)26-36-29(32)22-20-18-16-12-10-8-6-4-2/h28H,3-27,31H2,1-2H3,(H,34,35)/t28-/m1/s1. The van der Waals surface area contributed by atoms with Gasteiger partial charge in [0.2, 0.25) is 0 Å². The number of hydrogen-bond acceptors (Lipinski definition) is 8. The lowest BCUT2D eigenvalue weighted by Gasteiger charge is -2.19. The Kier molecular flexibility index (Phi) is 27.4. The Morgan fingerprint density at radius 1 is 0.650 bits per heavy atom. The number of nitrogens with two attached hydrogens (primary N) is 1. The molecule has 0 rings (SSSR count). The van der Waals surface area contributed by atoms with Crippen molar-refractivity contribution in [3.05, 3.63) is 0 Å². The van der Waals surface area contributed by atoms with Crippen LogP contribution in [0.15, 0.2) is 0 Å². The van der Waals surface area contributed by atoms with E-state index in [4.69, 9.17) is 24.3 Å². The normalized spacial score (nSPS) is 13.6. The number of rotatable bonds is 30. The Morgan fingerprint density at radius 3 is 1.52 bits per heavy atom. The van der Waals surface area contributed by atoms with Gasteiger partial charge in [-0.2, -0.15) is 0 Å². The predicted molar refractivity (Wildman–Crippen MR) is 160 cm³/mol. The number of phosphoric ester groups is 1. The summed E-state index contributed by atoms with van der Waals surface area (Å²) in [6, 6.07) is 0. The fraction of sp³-hybridized carbons (Fsp3) is 0.933. The third kappa shape index (κ3) is 27.2. The quantitative estimate of drug-likeness (QED) is 0.0486. The molecule has 0 saturated heterocycles. The first kappa shape index (κ1) is 39.0. The maximum atomic E-state index is 12.4. The van der Waals surface area contributed by atoms with E-state index in [2.05, 4.69) is 13.8 Å². The Balaban J connectivity index is 4.30. The van der Waals surface area contributed by atoms with E-state index in [0.717, 1.165) is 32.1 Å². The second-order valence-electron chi connectivity index (χ2n) is 10.7. The van der Waals surface area contributed by atoms with Gasteiger partial charge in [0.25, 0.3) is 0 Å². The first-order chi connectivity index (χ1) is 19.3. The molecule has 0 aliphatic heterocycles. The molecule has 0 bridgehead atoms. The summed E-state index contributed by atoms with van der Waals surface area (Å²) in [5.41, 5.74) is 5.30. The van der Waals surface area contributed by atoms with E-state index in [1.54, 1.807) is 0 Å². The minimum atomic E-state index is -4.35. The zero-order valence-corrected chi connectivity index (χ0v) is 26.5. The first-order valence-corrected chi connectivity index (χ1v) is 17.5. The van der Waals surface area contributed by atoms with E-state index < -0.39 is 26.5 Å². The van der Waals surface area contributed by atoms with Crippen LogP contribution in [0, 0.1) is 0 Å². The molecule has 10 heteroatoms. The van der Waals surface area contributed by atoms with Crippen molar-refractivity contribution in [3.63, 3.8) is 0 Å². The highest BCUT2D eigenvalue weighted by atomic mass is 31.2. The molecule has 0 aliphatic rings. The number of phosphoric acid groups is 1. The van der Waals surface area contributed by atoms with Crippen LogP contribution in [0.4, 0.5) is 0 Å². The summed E-state index contributed by atoms with van der Waals surface area (Å²) < 4.78 is 32.4. The number of carbonyl (C=O) groups excluding carboxylic acids is 2. The van der Waals surface area contributed by atoms with Crippen LogP contribution in [0.1, 0.15) is 149 Å². The topological polar surface area (TPSA) is 134 Å². The zero-order valence-electron chi connectivity index (χ0n) is 25.6. The van der Waals surface area contributed by atoms with Gasteiger partial charge in [0, 0.05) is 19.4 Å². The lowest BCUT2D eigenvalue weighted by atomic mass is 10.1. The van der Waals surface area contributed by atoms with Gasteiger partial charge in [-0.05, 0) is 12.8 Å². The Morgan fingerprint density at radius 2 is 1.07 bits per heavy atom. The van der Waals surface area contributed by atoms with Crippen molar-refractivity contribution in [3.8, 4) is 0 Å². The van der Waals surface area contributed by atoms with Crippen molar-refractivity contribution in [2.24, 2.45) is 5.73 Å². The van der Waals surface area contributed by atoms with E-state index in [0.29, 0.717) is 6.42 Å². The van der Waals surface area contributed by atoms with E-state index >= 15 is 0 Å². The number of carbonyl (C=O) groups is 2. The molecule has 0 saturated carbocycles. The van der Waals surface area contributed by atoms with Gasteiger partial charge in [-0.3, -0.25) is 18.6 Å². The van der Waals surface area contributed by atoms with Gasteiger partial charge in [-0.1, -0.05) is 123 Å². The van der Waals surface area contributed by atoms with Gasteiger partial charge in [0.1, 0.15) is 6.61 Å². The molecular weight excluding hydrogens is 533 g/mol. The van der Waals surface area contributed by atoms with Crippen molar-refractivity contribution in [1.82, 2.24) is 0 Å². The lowest BCUT2D eigenvalue weighted by molar-refractivity contribution is -0.161. The molecule has 0 spiro atoms. The summed E-state index contributed by atoms with van der Waals surface area (Å²) >= 11 is 0. The zero-order chi connectivity index (χ0) is 29.7. The molecular formula is C30H60NO8P. The molecule has 9 nitrogen and oxygen atoms in total. The van der Waals surface area contributed by atoms with Gasteiger partial charge >= 0.3 is 19.8 Å². The molecule has 0 aromatic heterocycles. The molecule has 2 atom stereocenters. The van der Waals surface area contributed by atoms with Gasteiger partial charge in [-0.15, -0.1) is 0 Å². The average molecular weight is 594 g/mol. The fourth-order valence-electron chi connectivity index (χ4n) is 4.34. The Bertz CT molecular complexity index is 649. The third-order valence-corrected chi connectivity index (χ3v) is 7.73. The minimum absolute atomic E-state index is 0.0572. The minimum Gasteiger partial charge on any atom is -0.462 e. The number of esters is 2. The Labute approximate surface area is 244 Å². The molecule has 0 heterocycles. The van der Waals surface area contributed by atoms with Crippen molar-refractivity contribution >= 4 is 19.8 Å². The van der Waals surface area contributed by atoms with Crippen LogP contribution in [0.5, 0.6) is 0 Å². The largest absolute Gasteiger partial charge is 0.472 e. The fourth-order valence-corrected chi connectivity index (χ4v) is 5.10. The number of ether oxygens (including phenoxy) is 2. The predicted octanol–water partition coefficient (Wildman–Crippen LogP) is 7.77. The smallest absolute Gasteiger partial charge is 0.462 e. The summed E-state index contributed by atoms with van der Waals surface area (Å²) in [7, 11) is -4.35. The third-order valence-electron chi connectivity index (χ3n) is 6.74. The van der Waals surface area contributed by atoms with E-state index in [1.807, 2.05) is 0 Å². The van der Waals surface area contributed by atoms with Crippen molar-refractivity contribution in [2.75, 3.05) is 26.4 Å².